The Kier molecular flexibility index (Phi) is 5.37. The van der Waals surface area contributed by atoms with E-state index in [0.29, 0.717) is 0 Å². The van der Waals surface area contributed by atoms with Crippen molar-refractivity contribution in [1.29, 1.82) is 0 Å². The van der Waals surface area contributed by atoms with Crippen LogP contribution < -0.4 is 11.1 Å². The first-order valence-electron chi connectivity index (χ1n) is 5.83. The summed E-state index contributed by atoms with van der Waals surface area (Å²) in [6, 6.07) is -1.20. The zero-order chi connectivity index (χ0) is 12.8. The van der Waals surface area contributed by atoms with E-state index in [0.717, 1.165) is 19.3 Å². The molecule has 0 aliphatic heterocycles. The molecule has 3 N–H and O–H groups in total. The molecule has 0 radical (unpaired) electrons. The van der Waals surface area contributed by atoms with Crippen LogP contribution in [0.5, 0.6) is 0 Å². The van der Waals surface area contributed by atoms with Gasteiger partial charge >= 0.3 is 5.97 Å². The Morgan fingerprint density at radius 2 is 2.18 bits per heavy atom. The molecule has 6 nitrogen and oxygen atoms in total. The first kappa shape index (κ1) is 13.9. The Labute approximate surface area is 101 Å². The number of ether oxygens (including phenoxy) is 2. The summed E-state index contributed by atoms with van der Waals surface area (Å²) < 4.78 is 9.88. The lowest BCUT2D eigenvalue weighted by Gasteiger charge is -2.16. The van der Waals surface area contributed by atoms with Crippen molar-refractivity contribution in [3.05, 3.63) is 0 Å². The fraction of sp³-hybridized carbons (Fsp3) is 0.818. The number of rotatable bonds is 5. The summed E-state index contributed by atoms with van der Waals surface area (Å²) in [5, 5.41) is 2.74. The average Bonchev–Trinajstić information content (AvgIpc) is 2.76. The van der Waals surface area contributed by atoms with Gasteiger partial charge in [-0.3, -0.25) is 4.79 Å². The molecular weight excluding hydrogens is 224 g/mol. The molecule has 1 saturated carbocycles. The zero-order valence-electron chi connectivity index (χ0n) is 10.3. The quantitative estimate of drug-likeness (QED) is 0.505. The van der Waals surface area contributed by atoms with Gasteiger partial charge in [0.2, 0.25) is 5.91 Å². The summed E-state index contributed by atoms with van der Waals surface area (Å²) >= 11 is 0. The van der Waals surface area contributed by atoms with Gasteiger partial charge < -0.3 is 20.5 Å². The fourth-order valence-corrected chi connectivity index (χ4v) is 1.92. The first-order chi connectivity index (χ1) is 8.08. The van der Waals surface area contributed by atoms with Crippen molar-refractivity contribution in [3.63, 3.8) is 0 Å². The highest BCUT2D eigenvalue weighted by molar-refractivity contribution is 6.01. The van der Waals surface area contributed by atoms with Crippen LogP contribution in [0.1, 0.15) is 26.2 Å². The van der Waals surface area contributed by atoms with Crippen LogP contribution in [0.25, 0.3) is 0 Å². The van der Waals surface area contributed by atoms with Crippen LogP contribution in [0, 0.1) is 0 Å². The molecule has 98 valence electrons. The van der Waals surface area contributed by atoms with E-state index in [1.807, 2.05) is 0 Å². The van der Waals surface area contributed by atoms with E-state index in [2.05, 4.69) is 10.1 Å². The third-order valence-electron chi connectivity index (χ3n) is 2.89. The van der Waals surface area contributed by atoms with Crippen molar-refractivity contribution in [2.24, 2.45) is 5.73 Å². The Bertz CT molecular complexity index is 283. The number of amides is 1. The molecule has 1 rings (SSSR count). The summed E-state index contributed by atoms with van der Waals surface area (Å²) in [5.74, 6) is -1.17. The van der Waals surface area contributed by atoms with E-state index in [1.165, 1.54) is 0 Å². The van der Waals surface area contributed by atoms with Gasteiger partial charge in [-0.2, -0.15) is 0 Å². The van der Waals surface area contributed by atoms with Crippen molar-refractivity contribution < 1.29 is 19.1 Å². The number of esters is 1. The lowest BCUT2D eigenvalue weighted by molar-refractivity contribution is -0.148. The minimum Gasteiger partial charge on any atom is -0.464 e. The fourth-order valence-electron chi connectivity index (χ4n) is 1.92. The third kappa shape index (κ3) is 3.98. The second-order valence-corrected chi connectivity index (χ2v) is 4.11. The maximum Gasteiger partial charge on any atom is 0.332 e. The van der Waals surface area contributed by atoms with E-state index in [4.69, 9.17) is 10.5 Å². The number of hydrogen-bond acceptors (Lipinski definition) is 5. The molecule has 0 aromatic carbocycles. The second-order valence-electron chi connectivity index (χ2n) is 4.11. The van der Waals surface area contributed by atoms with Crippen LogP contribution in [0.2, 0.25) is 0 Å². The highest BCUT2D eigenvalue weighted by Crippen LogP contribution is 2.21. The molecule has 1 aliphatic rings. The maximum atomic E-state index is 11.6. The molecule has 6 heteroatoms. The monoisotopic (exact) mass is 244 g/mol. The van der Waals surface area contributed by atoms with Gasteiger partial charge in [0.1, 0.15) is 0 Å². The van der Waals surface area contributed by atoms with Gasteiger partial charge in [0.15, 0.2) is 6.04 Å². The lowest BCUT2D eigenvalue weighted by atomic mass is 10.2. The topological polar surface area (TPSA) is 90.7 Å². The first-order valence-corrected chi connectivity index (χ1v) is 5.83. The van der Waals surface area contributed by atoms with Crippen LogP contribution in [0.3, 0.4) is 0 Å². The molecule has 0 aromatic rings. The molecule has 0 aromatic heterocycles. The van der Waals surface area contributed by atoms with E-state index in [-0.39, 0.29) is 18.8 Å². The van der Waals surface area contributed by atoms with Crippen LogP contribution in [-0.2, 0) is 19.1 Å². The van der Waals surface area contributed by atoms with Gasteiger partial charge in [-0.25, -0.2) is 4.79 Å². The van der Waals surface area contributed by atoms with Crippen molar-refractivity contribution in [3.8, 4) is 0 Å². The summed E-state index contributed by atoms with van der Waals surface area (Å²) in [6.45, 7) is 1.89. The van der Waals surface area contributed by atoms with Gasteiger partial charge in [-0.15, -0.1) is 0 Å². The maximum absolute atomic E-state index is 11.6. The van der Waals surface area contributed by atoms with E-state index in [1.54, 1.807) is 14.0 Å². The second kappa shape index (κ2) is 6.56. The highest BCUT2D eigenvalue weighted by atomic mass is 16.5. The smallest absolute Gasteiger partial charge is 0.332 e. The predicted octanol–water partition coefficient (Wildman–Crippen LogP) is -0.439. The minimum atomic E-state index is -1.24. The molecule has 0 spiro atoms. The summed E-state index contributed by atoms with van der Waals surface area (Å²) in [6.07, 6.45) is 2.70. The van der Waals surface area contributed by atoms with Crippen LogP contribution in [-0.4, -0.2) is 43.8 Å². The van der Waals surface area contributed by atoms with Gasteiger partial charge in [-0.1, -0.05) is 0 Å². The van der Waals surface area contributed by atoms with Crippen LogP contribution in [0.4, 0.5) is 0 Å². The molecule has 0 saturated heterocycles. The number of carbonyl (C=O) groups is 2. The Balaban J connectivity index is 2.36. The number of methoxy groups -OCH3 is 1. The molecule has 0 heterocycles. The SMILES string of the molecule is CCOC(=O)C(N)C(=O)NC1CCC(OC)C1. The minimum absolute atomic E-state index is 0.0351. The Hall–Kier alpha value is -1.14. The van der Waals surface area contributed by atoms with Crippen LogP contribution in [0.15, 0.2) is 0 Å². The molecule has 0 bridgehead atoms. The van der Waals surface area contributed by atoms with Gasteiger partial charge in [0.25, 0.3) is 0 Å². The van der Waals surface area contributed by atoms with Gasteiger partial charge in [-0.05, 0) is 26.2 Å². The van der Waals surface area contributed by atoms with E-state index in [9.17, 15) is 9.59 Å². The Morgan fingerprint density at radius 3 is 2.71 bits per heavy atom. The largest absolute Gasteiger partial charge is 0.464 e. The molecule has 1 amide bonds. The summed E-state index contributed by atoms with van der Waals surface area (Å²) in [5.41, 5.74) is 5.47. The average molecular weight is 244 g/mol. The summed E-state index contributed by atoms with van der Waals surface area (Å²) in [7, 11) is 1.65. The standard InChI is InChI=1S/C11H20N2O4/c1-3-17-11(15)9(12)10(14)13-7-4-5-8(6-7)16-2/h7-9H,3-6,12H2,1-2H3,(H,13,14). The number of nitrogens with two attached hydrogens (primary N) is 1. The lowest BCUT2D eigenvalue weighted by Crippen LogP contribution is -2.49. The molecule has 17 heavy (non-hydrogen) atoms. The number of hydrogen-bond donors (Lipinski definition) is 2. The summed E-state index contributed by atoms with van der Waals surface area (Å²) in [4.78, 5) is 22.9. The highest BCUT2D eigenvalue weighted by Gasteiger charge is 2.29. The van der Waals surface area contributed by atoms with Crippen LogP contribution >= 0.6 is 0 Å². The van der Waals surface area contributed by atoms with E-state index < -0.39 is 17.9 Å². The molecule has 3 unspecified atom stereocenters. The van der Waals surface area contributed by atoms with Gasteiger partial charge in [0.05, 0.1) is 12.7 Å². The number of carbonyl (C=O) groups excluding carboxylic acids is 2. The van der Waals surface area contributed by atoms with Crippen molar-refractivity contribution in [1.82, 2.24) is 5.32 Å². The van der Waals surface area contributed by atoms with E-state index >= 15 is 0 Å². The Morgan fingerprint density at radius 1 is 1.47 bits per heavy atom. The molecule has 3 atom stereocenters. The zero-order valence-corrected chi connectivity index (χ0v) is 10.3. The van der Waals surface area contributed by atoms with Crippen molar-refractivity contribution in [2.45, 2.75) is 44.4 Å². The normalized spacial score (nSPS) is 25.4. The number of nitrogens with one attached hydrogen (secondary N) is 1. The molecule has 1 aliphatic carbocycles. The predicted molar refractivity (Wildman–Crippen MR) is 61.2 cm³/mol. The third-order valence-corrected chi connectivity index (χ3v) is 2.89. The molecular formula is C11H20N2O4. The van der Waals surface area contributed by atoms with Gasteiger partial charge in [0, 0.05) is 13.2 Å². The molecule has 1 fully saturated rings. The van der Waals surface area contributed by atoms with Crippen molar-refractivity contribution >= 4 is 11.9 Å². The van der Waals surface area contributed by atoms with Crippen molar-refractivity contribution in [2.75, 3.05) is 13.7 Å².